The Morgan fingerprint density at radius 2 is 1.78 bits per heavy atom. The van der Waals surface area contributed by atoms with Crippen molar-refractivity contribution < 1.29 is 9.13 Å². The van der Waals surface area contributed by atoms with Gasteiger partial charge in [-0.1, -0.05) is 31.7 Å². The minimum Gasteiger partial charge on any atom is -0.494 e. The summed E-state index contributed by atoms with van der Waals surface area (Å²) in [7, 11) is 1.47. The largest absolute Gasteiger partial charge is 0.494 e. The van der Waals surface area contributed by atoms with E-state index in [2.05, 4.69) is 10.3 Å². The van der Waals surface area contributed by atoms with Gasteiger partial charge in [-0.05, 0) is 48.2 Å². The number of nitrogens with zero attached hydrogens (tertiary/aromatic N) is 1. The molecule has 23 heavy (non-hydrogen) atoms. The normalized spacial score (nSPS) is 15.9. The van der Waals surface area contributed by atoms with Gasteiger partial charge in [0.1, 0.15) is 5.82 Å². The highest BCUT2D eigenvalue weighted by Gasteiger charge is 2.13. The number of nitrogens with one attached hydrogen (secondary N) is 1. The molecule has 1 aliphatic carbocycles. The third-order valence-corrected chi connectivity index (χ3v) is 4.45. The molecule has 3 nitrogen and oxygen atoms in total. The maximum Gasteiger partial charge on any atom is 0.165 e. The standard InChI is InChI=1S/C19H23FN2O/c1-23-18-9-8-14(12-17(18)20)15-10-11-21-19(13-15)22-16-6-4-2-3-5-7-16/h8-13,16H,2-7H2,1H3,(H,21,22). The molecule has 1 saturated carbocycles. The van der Waals surface area contributed by atoms with Gasteiger partial charge in [-0.15, -0.1) is 0 Å². The van der Waals surface area contributed by atoms with Crippen LogP contribution in [0.25, 0.3) is 11.1 Å². The molecular weight excluding hydrogens is 291 g/mol. The van der Waals surface area contributed by atoms with Crippen molar-refractivity contribution in [1.29, 1.82) is 0 Å². The van der Waals surface area contributed by atoms with E-state index >= 15 is 0 Å². The fourth-order valence-electron chi connectivity index (χ4n) is 3.17. The van der Waals surface area contributed by atoms with Crippen molar-refractivity contribution >= 4 is 5.82 Å². The van der Waals surface area contributed by atoms with E-state index in [1.807, 2.05) is 18.2 Å². The summed E-state index contributed by atoms with van der Waals surface area (Å²) >= 11 is 0. The first-order valence-corrected chi connectivity index (χ1v) is 8.33. The fourth-order valence-corrected chi connectivity index (χ4v) is 3.17. The molecule has 4 heteroatoms. The fraction of sp³-hybridized carbons (Fsp3) is 0.421. The van der Waals surface area contributed by atoms with Gasteiger partial charge in [-0.2, -0.15) is 0 Å². The zero-order valence-electron chi connectivity index (χ0n) is 13.5. The van der Waals surface area contributed by atoms with Gasteiger partial charge in [0.25, 0.3) is 0 Å². The van der Waals surface area contributed by atoms with Crippen LogP contribution in [0.2, 0.25) is 0 Å². The van der Waals surface area contributed by atoms with Crippen molar-refractivity contribution in [3.63, 3.8) is 0 Å². The van der Waals surface area contributed by atoms with Gasteiger partial charge in [0.2, 0.25) is 0 Å². The van der Waals surface area contributed by atoms with Crippen LogP contribution in [0.3, 0.4) is 0 Å². The summed E-state index contributed by atoms with van der Waals surface area (Å²) in [5.74, 6) is 0.783. The van der Waals surface area contributed by atoms with Crippen molar-refractivity contribution in [3.05, 3.63) is 42.3 Å². The third-order valence-electron chi connectivity index (χ3n) is 4.45. The van der Waals surface area contributed by atoms with Crippen molar-refractivity contribution in [1.82, 2.24) is 4.98 Å². The van der Waals surface area contributed by atoms with Crippen LogP contribution in [-0.4, -0.2) is 18.1 Å². The zero-order chi connectivity index (χ0) is 16.1. The Balaban J connectivity index is 1.77. The number of anilines is 1. The van der Waals surface area contributed by atoms with Gasteiger partial charge in [0.15, 0.2) is 11.6 Å². The minimum atomic E-state index is -0.347. The molecule has 1 N–H and O–H groups in total. The Hall–Kier alpha value is -2.10. The molecule has 0 spiro atoms. The van der Waals surface area contributed by atoms with Crippen LogP contribution in [0.1, 0.15) is 38.5 Å². The van der Waals surface area contributed by atoms with Gasteiger partial charge >= 0.3 is 0 Å². The van der Waals surface area contributed by atoms with E-state index in [1.165, 1.54) is 51.7 Å². The lowest BCUT2D eigenvalue weighted by molar-refractivity contribution is 0.386. The van der Waals surface area contributed by atoms with Gasteiger partial charge < -0.3 is 10.1 Å². The zero-order valence-corrected chi connectivity index (χ0v) is 13.5. The molecule has 1 heterocycles. The summed E-state index contributed by atoms with van der Waals surface area (Å²) in [6, 6.07) is 9.42. The quantitative estimate of drug-likeness (QED) is 0.804. The molecular formula is C19H23FN2O. The van der Waals surface area contributed by atoms with Crippen LogP contribution in [0.5, 0.6) is 5.75 Å². The molecule has 2 aromatic rings. The smallest absolute Gasteiger partial charge is 0.165 e. The lowest BCUT2D eigenvalue weighted by Crippen LogP contribution is -2.18. The van der Waals surface area contributed by atoms with Crippen molar-refractivity contribution in [2.24, 2.45) is 0 Å². The summed E-state index contributed by atoms with van der Waals surface area (Å²) in [6.45, 7) is 0. The van der Waals surface area contributed by atoms with E-state index in [4.69, 9.17) is 4.74 Å². The lowest BCUT2D eigenvalue weighted by atomic mass is 10.1. The molecule has 3 rings (SSSR count). The second-order valence-corrected chi connectivity index (χ2v) is 6.11. The molecule has 0 saturated heterocycles. The second kappa shape index (κ2) is 7.44. The predicted octanol–water partition coefficient (Wildman–Crippen LogP) is 5.03. The molecule has 0 radical (unpaired) electrons. The molecule has 0 bridgehead atoms. The van der Waals surface area contributed by atoms with E-state index in [1.54, 1.807) is 12.3 Å². The molecule has 1 fully saturated rings. The van der Waals surface area contributed by atoms with Crippen molar-refractivity contribution in [2.45, 2.75) is 44.6 Å². The van der Waals surface area contributed by atoms with Crippen LogP contribution in [0, 0.1) is 5.82 Å². The van der Waals surface area contributed by atoms with Crippen LogP contribution in [0.4, 0.5) is 10.2 Å². The van der Waals surface area contributed by atoms with Crippen molar-refractivity contribution in [3.8, 4) is 16.9 Å². The van der Waals surface area contributed by atoms with E-state index in [0.29, 0.717) is 6.04 Å². The average Bonchev–Trinajstić information content (AvgIpc) is 2.84. The molecule has 0 atom stereocenters. The van der Waals surface area contributed by atoms with Gasteiger partial charge in [-0.3, -0.25) is 0 Å². The van der Waals surface area contributed by atoms with E-state index < -0.39 is 0 Å². The average molecular weight is 314 g/mol. The molecule has 0 aliphatic heterocycles. The number of halogens is 1. The Kier molecular flexibility index (Phi) is 5.11. The van der Waals surface area contributed by atoms with E-state index in [9.17, 15) is 4.39 Å². The summed E-state index contributed by atoms with van der Waals surface area (Å²) in [6.07, 6.45) is 9.39. The van der Waals surface area contributed by atoms with Gasteiger partial charge in [0.05, 0.1) is 7.11 Å². The van der Waals surface area contributed by atoms with E-state index in [-0.39, 0.29) is 11.6 Å². The van der Waals surface area contributed by atoms with Gasteiger partial charge in [-0.25, -0.2) is 9.37 Å². The summed E-state index contributed by atoms with van der Waals surface area (Å²) < 4.78 is 18.9. The highest BCUT2D eigenvalue weighted by Crippen LogP contribution is 2.27. The molecule has 0 unspecified atom stereocenters. The molecule has 122 valence electrons. The minimum absolute atomic E-state index is 0.264. The third kappa shape index (κ3) is 4.01. The number of hydrogen-bond acceptors (Lipinski definition) is 3. The van der Waals surface area contributed by atoms with E-state index in [0.717, 1.165) is 16.9 Å². The lowest BCUT2D eigenvalue weighted by Gasteiger charge is -2.17. The number of ether oxygens (including phenoxy) is 1. The Labute approximate surface area is 136 Å². The molecule has 1 aliphatic rings. The van der Waals surface area contributed by atoms with Crippen LogP contribution in [-0.2, 0) is 0 Å². The molecule has 0 amide bonds. The maximum atomic E-state index is 13.9. The Bertz CT molecular complexity index is 652. The number of rotatable bonds is 4. The SMILES string of the molecule is COc1ccc(-c2ccnc(NC3CCCCCC3)c2)cc1F. The maximum absolute atomic E-state index is 13.9. The topological polar surface area (TPSA) is 34.1 Å². The molecule has 1 aromatic carbocycles. The number of hydrogen-bond donors (Lipinski definition) is 1. The monoisotopic (exact) mass is 314 g/mol. The first kappa shape index (κ1) is 15.8. The first-order chi connectivity index (χ1) is 11.3. The summed E-state index contributed by atoms with van der Waals surface area (Å²) in [5.41, 5.74) is 1.78. The van der Waals surface area contributed by atoms with Gasteiger partial charge in [0, 0.05) is 12.2 Å². The first-order valence-electron chi connectivity index (χ1n) is 8.33. The van der Waals surface area contributed by atoms with Crippen LogP contribution in [0.15, 0.2) is 36.5 Å². The number of methoxy groups -OCH3 is 1. The second-order valence-electron chi connectivity index (χ2n) is 6.11. The number of benzene rings is 1. The predicted molar refractivity (Wildman–Crippen MR) is 91.3 cm³/mol. The molecule has 1 aromatic heterocycles. The number of pyridine rings is 1. The Morgan fingerprint density at radius 1 is 1.04 bits per heavy atom. The summed E-state index contributed by atoms with van der Waals surface area (Å²) in [5, 5.41) is 3.54. The Morgan fingerprint density at radius 3 is 2.48 bits per heavy atom. The van der Waals surface area contributed by atoms with Crippen LogP contribution < -0.4 is 10.1 Å². The summed E-state index contributed by atoms with van der Waals surface area (Å²) in [4.78, 5) is 4.42. The highest BCUT2D eigenvalue weighted by atomic mass is 19.1. The van der Waals surface area contributed by atoms with Crippen molar-refractivity contribution in [2.75, 3.05) is 12.4 Å². The van der Waals surface area contributed by atoms with Crippen LogP contribution >= 0.6 is 0 Å². The number of aromatic nitrogens is 1. The highest BCUT2D eigenvalue weighted by molar-refractivity contribution is 5.67.